The van der Waals surface area contributed by atoms with Crippen LogP contribution in [0.5, 0.6) is 0 Å². The number of hydrogen-bond acceptors (Lipinski definition) is 2. The molecule has 0 aliphatic rings. The minimum absolute atomic E-state index is 0.497. The van der Waals surface area contributed by atoms with Gasteiger partial charge in [-0.3, -0.25) is 0 Å². The first kappa shape index (κ1) is 14.2. The zero-order chi connectivity index (χ0) is 12.0. The van der Waals surface area contributed by atoms with Crippen LogP contribution in [0.2, 0.25) is 10.0 Å². The Hall–Kier alpha value is 0.110. The third-order valence-corrected chi connectivity index (χ3v) is 3.80. The Morgan fingerprint density at radius 3 is 2.62 bits per heavy atom. The lowest BCUT2D eigenvalue weighted by Gasteiger charge is -2.17. The molecule has 0 heterocycles. The number of hydrogen-bond donors (Lipinski definition) is 1. The smallest absolute Gasteiger partial charge is 0.0595 e. The normalized spacial score (nSPS) is 12.8. The molecule has 4 heteroatoms. The maximum atomic E-state index is 5.99. The summed E-state index contributed by atoms with van der Waals surface area (Å²) in [5, 5.41) is 4.73. The van der Waals surface area contributed by atoms with Crippen molar-refractivity contribution in [3.05, 3.63) is 33.8 Å². The number of nitrogens with one attached hydrogen (secondary N) is 1. The largest absolute Gasteiger partial charge is 0.313 e. The van der Waals surface area contributed by atoms with Crippen LogP contribution >= 0.6 is 35.0 Å². The highest BCUT2D eigenvalue weighted by Crippen LogP contribution is 2.23. The van der Waals surface area contributed by atoms with Gasteiger partial charge in [0.05, 0.1) is 10.0 Å². The predicted octanol–water partition coefficient (Wildman–Crippen LogP) is 3.88. The molecule has 0 fully saturated rings. The molecule has 1 unspecified atom stereocenters. The van der Waals surface area contributed by atoms with E-state index in [2.05, 4.69) is 18.5 Å². The molecule has 0 aliphatic heterocycles. The van der Waals surface area contributed by atoms with Crippen molar-refractivity contribution in [1.29, 1.82) is 0 Å². The van der Waals surface area contributed by atoms with Gasteiger partial charge in [-0.25, -0.2) is 0 Å². The van der Waals surface area contributed by atoms with Crippen molar-refractivity contribution in [3.8, 4) is 0 Å². The van der Waals surface area contributed by atoms with E-state index in [0.29, 0.717) is 16.1 Å². The van der Waals surface area contributed by atoms with Crippen LogP contribution in [0, 0.1) is 0 Å². The zero-order valence-electron chi connectivity index (χ0n) is 9.59. The molecule has 16 heavy (non-hydrogen) atoms. The van der Waals surface area contributed by atoms with Gasteiger partial charge < -0.3 is 5.32 Å². The monoisotopic (exact) mass is 277 g/mol. The van der Waals surface area contributed by atoms with Crippen LogP contribution in [-0.2, 0) is 6.42 Å². The summed E-state index contributed by atoms with van der Waals surface area (Å²) in [6.45, 7) is 3.12. The van der Waals surface area contributed by atoms with Crippen LogP contribution in [0.1, 0.15) is 12.5 Å². The summed E-state index contributed by atoms with van der Waals surface area (Å²) < 4.78 is 0. The maximum absolute atomic E-state index is 5.99. The second-order valence-electron chi connectivity index (χ2n) is 3.66. The van der Waals surface area contributed by atoms with E-state index in [1.807, 2.05) is 30.0 Å². The Balaban J connectivity index is 2.65. The van der Waals surface area contributed by atoms with E-state index >= 15 is 0 Å². The topological polar surface area (TPSA) is 12.0 Å². The van der Waals surface area contributed by atoms with Crippen LogP contribution in [0.25, 0.3) is 0 Å². The predicted molar refractivity (Wildman–Crippen MR) is 76.0 cm³/mol. The molecule has 0 spiro atoms. The van der Waals surface area contributed by atoms with Gasteiger partial charge in [-0.05, 0) is 36.9 Å². The van der Waals surface area contributed by atoms with Crippen molar-refractivity contribution in [3.63, 3.8) is 0 Å². The van der Waals surface area contributed by atoms with Gasteiger partial charge in [-0.1, -0.05) is 36.2 Å². The lowest BCUT2D eigenvalue weighted by molar-refractivity contribution is 0.573. The fourth-order valence-electron chi connectivity index (χ4n) is 1.63. The molecule has 0 radical (unpaired) electrons. The van der Waals surface area contributed by atoms with Crippen LogP contribution in [0.15, 0.2) is 18.2 Å². The molecule has 0 saturated carbocycles. The third-order valence-electron chi connectivity index (χ3n) is 2.33. The molecule has 0 aliphatic carbocycles. The standard InChI is InChI=1S/C12H17Cl2NS/c1-3-15-10(8-16-2)6-9-4-5-11(13)12(14)7-9/h4-5,7,10,15H,3,6,8H2,1-2H3. The first-order chi connectivity index (χ1) is 7.67. The Morgan fingerprint density at radius 2 is 2.06 bits per heavy atom. The van der Waals surface area contributed by atoms with Crippen molar-refractivity contribution >= 4 is 35.0 Å². The van der Waals surface area contributed by atoms with Gasteiger partial charge in [0.1, 0.15) is 0 Å². The molecule has 0 saturated heterocycles. The van der Waals surface area contributed by atoms with E-state index in [1.165, 1.54) is 5.56 Å². The van der Waals surface area contributed by atoms with E-state index in [9.17, 15) is 0 Å². The Morgan fingerprint density at radius 1 is 1.31 bits per heavy atom. The second-order valence-corrected chi connectivity index (χ2v) is 5.39. The van der Waals surface area contributed by atoms with E-state index in [4.69, 9.17) is 23.2 Å². The number of thioether (sulfide) groups is 1. The highest BCUT2D eigenvalue weighted by atomic mass is 35.5. The van der Waals surface area contributed by atoms with Gasteiger partial charge in [0.2, 0.25) is 0 Å². The third kappa shape index (κ3) is 4.54. The van der Waals surface area contributed by atoms with Gasteiger partial charge in [0.25, 0.3) is 0 Å². The minimum Gasteiger partial charge on any atom is -0.313 e. The summed E-state index contributed by atoms with van der Waals surface area (Å²) in [5.41, 5.74) is 1.23. The van der Waals surface area contributed by atoms with E-state index < -0.39 is 0 Å². The first-order valence-electron chi connectivity index (χ1n) is 5.33. The van der Waals surface area contributed by atoms with Crippen molar-refractivity contribution in [2.75, 3.05) is 18.6 Å². The number of likely N-dealkylation sites (N-methyl/N-ethyl adjacent to an activating group) is 1. The fourth-order valence-corrected chi connectivity index (χ4v) is 2.59. The summed E-state index contributed by atoms with van der Waals surface area (Å²) in [4.78, 5) is 0. The van der Waals surface area contributed by atoms with Gasteiger partial charge in [-0.15, -0.1) is 0 Å². The Bertz CT molecular complexity index is 325. The van der Waals surface area contributed by atoms with Crippen molar-refractivity contribution in [2.24, 2.45) is 0 Å². The molecule has 0 aromatic heterocycles. The minimum atomic E-state index is 0.497. The van der Waals surface area contributed by atoms with Crippen LogP contribution < -0.4 is 5.32 Å². The first-order valence-corrected chi connectivity index (χ1v) is 7.48. The average molecular weight is 278 g/mol. The SMILES string of the molecule is CCNC(CSC)Cc1ccc(Cl)c(Cl)c1. The fraction of sp³-hybridized carbons (Fsp3) is 0.500. The van der Waals surface area contributed by atoms with E-state index in [1.54, 1.807) is 0 Å². The summed E-state index contributed by atoms with van der Waals surface area (Å²) in [6.07, 6.45) is 3.12. The maximum Gasteiger partial charge on any atom is 0.0595 e. The van der Waals surface area contributed by atoms with Crippen LogP contribution in [0.3, 0.4) is 0 Å². The molecule has 90 valence electrons. The summed E-state index contributed by atoms with van der Waals surface area (Å²) in [6, 6.07) is 6.35. The molecule has 0 amide bonds. The molecular weight excluding hydrogens is 261 g/mol. The lowest BCUT2D eigenvalue weighted by Crippen LogP contribution is -2.33. The van der Waals surface area contributed by atoms with Gasteiger partial charge >= 0.3 is 0 Å². The van der Waals surface area contributed by atoms with Gasteiger partial charge in [0, 0.05) is 11.8 Å². The molecular formula is C12H17Cl2NS. The molecule has 1 aromatic rings. The quantitative estimate of drug-likeness (QED) is 0.847. The summed E-state index contributed by atoms with van der Waals surface area (Å²) >= 11 is 13.7. The number of halogens is 2. The summed E-state index contributed by atoms with van der Waals surface area (Å²) in [5.74, 6) is 1.11. The molecule has 1 nitrogen and oxygen atoms in total. The lowest BCUT2D eigenvalue weighted by atomic mass is 10.1. The van der Waals surface area contributed by atoms with Gasteiger partial charge in [0.15, 0.2) is 0 Å². The van der Waals surface area contributed by atoms with Crippen molar-refractivity contribution in [2.45, 2.75) is 19.4 Å². The molecule has 0 bridgehead atoms. The highest BCUT2D eigenvalue weighted by Gasteiger charge is 2.08. The zero-order valence-corrected chi connectivity index (χ0v) is 11.9. The molecule has 1 N–H and O–H groups in total. The number of benzene rings is 1. The summed E-state index contributed by atoms with van der Waals surface area (Å²) in [7, 11) is 0. The molecule has 1 atom stereocenters. The highest BCUT2D eigenvalue weighted by molar-refractivity contribution is 7.98. The van der Waals surface area contributed by atoms with E-state index in [0.717, 1.165) is 18.7 Å². The number of rotatable bonds is 6. The molecule has 1 aromatic carbocycles. The van der Waals surface area contributed by atoms with E-state index in [-0.39, 0.29) is 0 Å². The molecule has 1 rings (SSSR count). The van der Waals surface area contributed by atoms with Crippen LogP contribution in [0.4, 0.5) is 0 Å². The van der Waals surface area contributed by atoms with Crippen LogP contribution in [-0.4, -0.2) is 24.6 Å². The Labute approximate surface area is 112 Å². The van der Waals surface area contributed by atoms with Crippen molar-refractivity contribution in [1.82, 2.24) is 5.32 Å². The second kappa shape index (κ2) is 7.44. The van der Waals surface area contributed by atoms with Gasteiger partial charge in [-0.2, -0.15) is 11.8 Å². The van der Waals surface area contributed by atoms with Crippen molar-refractivity contribution < 1.29 is 0 Å². The Kier molecular flexibility index (Phi) is 6.59. The average Bonchev–Trinajstić information content (AvgIpc) is 2.24.